The largest absolute Gasteiger partial charge is 0.445 e. The molecule has 1 amide bonds. The van der Waals surface area contributed by atoms with Gasteiger partial charge in [-0.3, -0.25) is 0 Å². The lowest BCUT2D eigenvalue weighted by Crippen LogP contribution is -2.39. The fraction of sp³-hybridized carbons (Fsp3) is 0.741. The summed E-state index contributed by atoms with van der Waals surface area (Å²) in [4.78, 5) is 13.9. The number of likely N-dealkylation sites (tertiary alicyclic amines) is 1. The van der Waals surface area contributed by atoms with Gasteiger partial charge in [-0.25, -0.2) is 4.79 Å². The lowest BCUT2D eigenvalue weighted by Gasteiger charge is -2.32. The van der Waals surface area contributed by atoms with E-state index in [0.717, 1.165) is 63.3 Å². The molecule has 0 aromatic heterocycles. The van der Waals surface area contributed by atoms with E-state index in [0.29, 0.717) is 12.5 Å². The molecule has 202 valence electrons. The summed E-state index contributed by atoms with van der Waals surface area (Å²) in [5.41, 5.74) is 1.01. The summed E-state index contributed by atoms with van der Waals surface area (Å²) in [5, 5.41) is 3.34. The highest BCUT2D eigenvalue weighted by atomic mass is 16.7. The first-order chi connectivity index (χ1) is 16.6. The van der Waals surface area contributed by atoms with Crippen molar-refractivity contribution in [1.82, 2.24) is 10.2 Å². The van der Waals surface area contributed by atoms with Crippen molar-refractivity contribution < 1.29 is 28.5 Å². The predicted molar refractivity (Wildman–Crippen MR) is 138 cm³/mol. The molecule has 1 aromatic carbocycles. The van der Waals surface area contributed by atoms with Gasteiger partial charge in [0.15, 0.2) is 12.6 Å². The SMILES string of the molecule is C.COC(CC1CCN(C(=O)OCc2ccccc2)CC1)OC.COC(CC1CCNCC1)OC. The minimum Gasteiger partial charge on any atom is -0.445 e. The van der Waals surface area contributed by atoms with Gasteiger partial charge >= 0.3 is 6.09 Å². The third-order valence-corrected chi connectivity index (χ3v) is 6.64. The van der Waals surface area contributed by atoms with E-state index in [-0.39, 0.29) is 26.1 Å². The van der Waals surface area contributed by atoms with Crippen LogP contribution in [0.3, 0.4) is 0 Å². The number of hydrogen-bond donors (Lipinski definition) is 1. The normalized spacial score (nSPS) is 17.0. The van der Waals surface area contributed by atoms with Crippen LogP contribution in [0.2, 0.25) is 0 Å². The molecular formula is C27H48N2O6. The number of nitrogens with zero attached hydrogens (tertiary/aromatic N) is 1. The van der Waals surface area contributed by atoms with Crippen LogP contribution in [-0.4, -0.2) is 78.2 Å². The molecule has 2 heterocycles. The molecule has 8 nitrogen and oxygen atoms in total. The zero-order valence-electron chi connectivity index (χ0n) is 21.4. The third-order valence-electron chi connectivity index (χ3n) is 6.64. The van der Waals surface area contributed by atoms with Crippen molar-refractivity contribution in [2.45, 2.75) is 65.1 Å². The first-order valence-corrected chi connectivity index (χ1v) is 12.4. The maximum atomic E-state index is 12.1. The summed E-state index contributed by atoms with van der Waals surface area (Å²) in [6.45, 7) is 4.08. The van der Waals surface area contributed by atoms with Gasteiger partial charge in [0.05, 0.1) is 0 Å². The number of piperidine rings is 2. The smallest absolute Gasteiger partial charge is 0.410 e. The number of rotatable bonds is 10. The highest BCUT2D eigenvalue weighted by Gasteiger charge is 2.25. The summed E-state index contributed by atoms with van der Waals surface area (Å²) in [6, 6.07) is 9.74. The summed E-state index contributed by atoms with van der Waals surface area (Å²) in [7, 11) is 6.72. The van der Waals surface area contributed by atoms with Crippen molar-refractivity contribution in [3.63, 3.8) is 0 Å². The highest BCUT2D eigenvalue weighted by molar-refractivity contribution is 5.67. The Labute approximate surface area is 212 Å². The highest BCUT2D eigenvalue weighted by Crippen LogP contribution is 2.23. The number of ether oxygens (including phenoxy) is 5. The molecular weight excluding hydrogens is 448 g/mol. The lowest BCUT2D eigenvalue weighted by atomic mass is 9.93. The van der Waals surface area contributed by atoms with E-state index in [1.165, 1.54) is 12.8 Å². The van der Waals surface area contributed by atoms with E-state index in [1.54, 1.807) is 33.3 Å². The van der Waals surface area contributed by atoms with Gasteiger partial charge in [0.2, 0.25) is 0 Å². The summed E-state index contributed by atoms with van der Waals surface area (Å²) in [5.74, 6) is 1.30. The maximum absolute atomic E-state index is 12.1. The first kappa shape index (κ1) is 31.3. The Hall–Kier alpha value is -1.71. The first-order valence-electron chi connectivity index (χ1n) is 12.4. The van der Waals surface area contributed by atoms with E-state index in [2.05, 4.69) is 5.32 Å². The maximum Gasteiger partial charge on any atom is 0.410 e. The predicted octanol–water partition coefficient (Wildman–Crippen LogP) is 4.68. The van der Waals surface area contributed by atoms with Crippen molar-refractivity contribution in [3.05, 3.63) is 35.9 Å². The molecule has 35 heavy (non-hydrogen) atoms. The van der Waals surface area contributed by atoms with Crippen LogP contribution < -0.4 is 5.32 Å². The van der Waals surface area contributed by atoms with E-state index >= 15 is 0 Å². The second kappa shape index (κ2) is 18.5. The number of carbonyl (C=O) groups excluding carboxylic acids is 1. The third kappa shape index (κ3) is 12.2. The van der Waals surface area contributed by atoms with Crippen LogP contribution in [0, 0.1) is 11.8 Å². The monoisotopic (exact) mass is 496 g/mol. The van der Waals surface area contributed by atoms with Gasteiger partial charge in [-0.05, 0) is 56.2 Å². The molecule has 0 spiro atoms. The summed E-state index contributed by atoms with van der Waals surface area (Å²) >= 11 is 0. The Morgan fingerprint density at radius 3 is 1.83 bits per heavy atom. The quantitative estimate of drug-likeness (QED) is 0.472. The van der Waals surface area contributed by atoms with Gasteiger partial charge in [0.1, 0.15) is 6.61 Å². The molecule has 1 N–H and O–H groups in total. The fourth-order valence-electron chi connectivity index (χ4n) is 4.40. The average Bonchev–Trinajstić information content (AvgIpc) is 2.91. The van der Waals surface area contributed by atoms with Crippen LogP contribution in [0.5, 0.6) is 0 Å². The molecule has 0 saturated carbocycles. The van der Waals surface area contributed by atoms with Crippen molar-refractivity contribution in [2.75, 3.05) is 54.6 Å². The summed E-state index contributed by atoms with van der Waals surface area (Å²) in [6.07, 6.45) is 5.96. The molecule has 0 bridgehead atoms. The van der Waals surface area contributed by atoms with Crippen molar-refractivity contribution >= 4 is 6.09 Å². The van der Waals surface area contributed by atoms with Crippen molar-refractivity contribution in [3.8, 4) is 0 Å². The molecule has 0 atom stereocenters. The van der Waals surface area contributed by atoms with Gasteiger partial charge in [-0.1, -0.05) is 37.8 Å². The fourth-order valence-corrected chi connectivity index (χ4v) is 4.40. The number of amides is 1. The lowest BCUT2D eigenvalue weighted by molar-refractivity contribution is -0.116. The molecule has 2 fully saturated rings. The number of nitrogens with one attached hydrogen (secondary N) is 1. The van der Waals surface area contributed by atoms with Crippen LogP contribution in [0.15, 0.2) is 30.3 Å². The average molecular weight is 497 g/mol. The second-order valence-electron chi connectivity index (χ2n) is 8.94. The van der Waals surface area contributed by atoms with E-state index in [1.807, 2.05) is 30.3 Å². The number of hydrogen-bond acceptors (Lipinski definition) is 7. The Morgan fingerprint density at radius 1 is 0.857 bits per heavy atom. The molecule has 3 rings (SSSR count). The van der Waals surface area contributed by atoms with Gasteiger partial charge < -0.3 is 33.9 Å². The molecule has 8 heteroatoms. The zero-order chi connectivity index (χ0) is 24.6. The molecule has 2 aliphatic heterocycles. The van der Waals surface area contributed by atoms with Crippen LogP contribution in [0.4, 0.5) is 4.79 Å². The standard InChI is InChI=1S/C17H25NO4.C9H19NO2.CH4/c1-20-16(21-2)12-14-8-10-18(11-9-14)17(19)22-13-15-6-4-3-5-7-15;1-11-9(12-2)7-8-3-5-10-6-4-8;/h3-7,14,16H,8-13H2,1-2H3;8-10H,3-7H2,1-2H3;1H4. The van der Waals surface area contributed by atoms with Crippen LogP contribution in [0.1, 0.15) is 51.5 Å². The molecule has 2 aliphatic rings. The van der Waals surface area contributed by atoms with Gasteiger partial charge in [-0.2, -0.15) is 0 Å². The van der Waals surface area contributed by atoms with Gasteiger partial charge in [0, 0.05) is 54.4 Å². The molecule has 1 aromatic rings. The topological polar surface area (TPSA) is 78.5 Å². The number of carbonyl (C=O) groups is 1. The number of methoxy groups -OCH3 is 4. The Kier molecular flexibility index (Phi) is 16.6. The Morgan fingerprint density at radius 2 is 1.34 bits per heavy atom. The van der Waals surface area contributed by atoms with Gasteiger partial charge in [0.25, 0.3) is 0 Å². The molecule has 0 aliphatic carbocycles. The minimum atomic E-state index is -0.225. The van der Waals surface area contributed by atoms with Crippen LogP contribution >= 0.6 is 0 Å². The Balaban J connectivity index is 0.000000401. The van der Waals surface area contributed by atoms with E-state index < -0.39 is 0 Å². The second-order valence-corrected chi connectivity index (χ2v) is 8.94. The van der Waals surface area contributed by atoms with E-state index in [9.17, 15) is 4.79 Å². The Bertz CT molecular complexity index is 640. The summed E-state index contributed by atoms with van der Waals surface area (Å²) < 4.78 is 26.2. The van der Waals surface area contributed by atoms with Crippen LogP contribution in [-0.2, 0) is 30.3 Å². The molecule has 0 unspecified atom stereocenters. The van der Waals surface area contributed by atoms with E-state index in [4.69, 9.17) is 23.7 Å². The minimum absolute atomic E-state index is 0. The van der Waals surface area contributed by atoms with Gasteiger partial charge in [-0.15, -0.1) is 0 Å². The van der Waals surface area contributed by atoms with Crippen molar-refractivity contribution in [2.24, 2.45) is 11.8 Å². The van der Waals surface area contributed by atoms with Crippen LogP contribution in [0.25, 0.3) is 0 Å². The molecule has 2 saturated heterocycles. The number of benzene rings is 1. The van der Waals surface area contributed by atoms with Crippen molar-refractivity contribution in [1.29, 1.82) is 0 Å². The zero-order valence-corrected chi connectivity index (χ0v) is 21.4. The molecule has 0 radical (unpaired) electrons.